The van der Waals surface area contributed by atoms with Crippen molar-refractivity contribution in [3.63, 3.8) is 0 Å². The van der Waals surface area contributed by atoms with Gasteiger partial charge in [-0.2, -0.15) is 0 Å². The number of anilines is 2. The van der Waals surface area contributed by atoms with Crippen LogP contribution in [0, 0.1) is 5.82 Å². The first-order valence-corrected chi connectivity index (χ1v) is 8.76. The largest absolute Gasteiger partial charge is 0.379 e. The van der Waals surface area contributed by atoms with E-state index >= 15 is 0 Å². The summed E-state index contributed by atoms with van der Waals surface area (Å²) in [6.07, 6.45) is 1.50. The van der Waals surface area contributed by atoms with Gasteiger partial charge in [0.2, 0.25) is 0 Å². The van der Waals surface area contributed by atoms with Crippen molar-refractivity contribution >= 4 is 29.0 Å². The molecule has 1 amide bonds. The first-order valence-electron chi connectivity index (χ1n) is 8.38. The molecular weight excluding hydrogens is 359 g/mol. The van der Waals surface area contributed by atoms with Crippen LogP contribution in [0.2, 0.25) is 5.02 Å². The van der Waals surface area contributed by atoms with Gasteiger partial charge in [0.1, 0.15) is 11.6 Å². The van der Waals surface area contributed by atoms with Crippen LogP contribution < -0.4 is 10.6 Å². The number of pyridine rings is 1. The van der Waals surface area contributed by atoms with Crippen molar-refractivity contribution in [1.29, 1.82) is 0 Å². The fourth-order valence-electron chi connectivity index (χ4n) is 2.58. The molecule has 2 N–H and O–H groups in total. The van der Waals surface area contributed by atoms with Crippen molar-refractivity contribution in [3.8, 4) is 0 Å². The lowest BCUT2D eigenvalue weighted by Crippen LogP contribution is -2.39. The number of halogens is 2. The number of carbonyl (C=O) groups excluding carboxylic acids is 1. The third-order valence-corrected chi connectivity index (χ3v) is 4.33. The summed E-state index contributed by atoms with van der Waals surface area (Å²) >= 11 is 5.71. The SMILES string of the molecule is O=C(Nc1ccc(F)c(Cl)c1)c1ccc(NCCN2CCOCC2)nc1. The third kappa shape index (κ3) is 5.14. The molecule has 1 aliphatic rings. The van der Waals surface area contributed by atoms with Gasteiger partial charge in [0.15, 0.2) is 0 Å². The summed E-state index contributed by atoms with van der Waals surface area (Å²) in [6, 6.07) is 7.46. The number of aromatic nitrogens is 1. The lowest BCUT2D eigenvalue weighted by Gasteiger charge is -2.26. The number of hydrogen-bond acceptors (Lipinski definition) is 5. The predicted molar refractivity (Wildman–Crippen MR) is 99.3 cm³/mol. The minimum atomic E-state index is -0.529. The van der Waals surface area contributed by atoms with Gasteiger partial charge in [0, 0.05) is 38.1 Å². The molecule has 0 unspecified atom stereocenters. The Labute approximate surface area is 156 Å². The molecule has 2 heterocycles. The van der Waals surface area contributed by atoms with Crippen molar-refractivity contribution < 1.29 is 13.9 Å². The van der Waals surface area contributed by atoms with Crippen molar-refractivity contribution in [1.82, 2.24) is 9.88 Å². The van der Waals surface area contributed by atoms with E-state index in [1.54, 1.807) is 12.1 Å². The number of benzene rings is 1. The van der Waals surface area contributed by atoms with Crippen LogP contribution >= 0.6 is 11.6 Å². The monoisotopic (exact) mass is 378 g/mol. The molecule has 0 radical (unpaired) electrons. The standard InChI is InChI=1S/C18H20ClFN4O2/c19-15-11-14(2-3-16(15)20)23-18(25)13-1-4-17(22-12-13)21-5-6-24-7-9-26-10-8-24/h1-4,11-12H,5-10H2,(H,21,22)(H,23,25). The zero-order valence-corrected chi connectivity index (χ0v) is 14.9. The Morgan fingerprint density at radius 3 is 2.77 bits per heavy atom. The molecule has 0 atom stereocenters. The number of nitrogens with zero attached hydrogens (tertiary/aromatic N) is 2. The van der Waals surface area contributed by atoms with Crippen LogP contribution in [-0.4, -0.2) is 55.2 Å². The Morgan fingerprint density at radius 1 is 1.27 bits per heavy atom. The first kappa shape index (κ1) is 18.6. The molecule has 0 spiro atoms. The number of carbonyl (C=O) groups is 1. The van der Waals surface area contributed by atoms with E-state index in [1.165, 1.54) is 24.4 Å². The number of ether oxygens (including phenoxy) is 1. The quantitative estimate of drug-likeness (QED) is 0.809. The molecule has 6 nitrogen and oxygen atoms in total. The second kappa shape index (κ2) is 8.93. The summed E-state index contributed by atoms with van der Waals surface area (Å²) in [5.41, 5.74) is 0.832. The van der Waals surface area contributed by atoms with Gasteiger partial charge in [0.05, 0.1) is 23.8 Å². The van der Waals surface area contributed by atoms with Gasteiger partial charge < -0.3 is 15.4 Å². The highest BCUT2D eigenvalue weighted by Gasteiger charge is 2.10. The lowest BCUT2D eigenvalue weighted by atomic mass is 10.2. The van der Waals surface area contributed by atoms with E-state index in [2.05, 4.69) is 20.5 Å². The highest BCUT2D eigenvalue weighted by Crippen LogP contribution is 2.20. The van der Waals surface area contributed by atoms with Gasteiger partial charge >= 0.3 is 0 Å². The average molecular weight is 379 g/mol. The second-order valence-corrected chi connectivity index (χ2v) is 6.30. The topological polar surface area (TPSA) is 66.5 Å². The van der Waals surface area contributed by atoms with Gasteiger partial charge in [0.25, 0.3) is 5.91 Å². The summed E-state index contributed by atoms with van der Waals surface area (Å²) in [5, 5.41) is 5.86. The Bertz CT molecular complexity index is 751. The molecule has 2 aromatic rings. The molecule has 1 aromatic heterocycles. The van der Waals surface area contributed by atoms with Gasteiger partial charge in [-0.25, -0.2) is 9.37 Å². The molecule has 138 valence electrons. The van der Waals surface area contributed by atoms with E-state index in [9.17, 15) is 9.18 Å². The van der Waals surface area contributed by atoms with Gasteiger partial charge in [-0.1, -0.05) is 11.6 Å². The van der Waals surface area contributed by atoms with Crippen LogP contribution in [-0.2, 0) is 4.74 Å². The molecule has 3 rings (SSSR count). The number of hydrogen-bond donors (Lipinski definition) is 2. The molecule has 1 saturated heterocycles. The Balaban J connectivity index is 1.49. The lowest BCUT2D eigenvalue weighted by molar-refractivity contribution is 0.0398. The maximum absolute atomic E-state index is 13.2. The molecule has 1 aliphatic heterocycles. The van der Waals surface area contributed by atoms with E-state index in [-0.39, 0.29) is 10.9 Å². The van der Waals surface area contributed by atoms with Crippen molar-refractivity contribution in [2.75, 3.05) is 50.0 Å². The highest BCUT2D eigenvalue weighted by atomic mass is 35.5. The Hall–Kier alpha value is -2.22. The molecule has 0 saturated carbocycles. The molecule has 0 bridgehead atoms. The van der Waals surface area contributed by atoms with Crippen LogP contribution in [0.1, 0.15) is 10.4 Å². The molecule has 0 aliphatic carbocycles. The maximum Gasteiger partial charge on any atom is 0.257 e. The van der Waals surface area contributed by atoms with Crippen LogP contribution in [0.25, 0.3) is 0 Å². The highest BCUT2D eigenvalue weighted by molar-refractivity contribution is 6.31. The summed E-state index contributed by atoms with van der Waals surface area (Å²) in [6.45, 7) is 5.14. The van der Waals surface area contributed by atoms with Gasteiger partial charge in [-0.3, -0.25) is 9.69 Å². The zero-order chi connectivity index (χ0) is 18.4. The van der Waals surface area contributed by atoms with Crippen LogP contribution in [0.5, 0.6) is 0 Å². The predicted octanol–water partition coefficient (Wildman–Crippen LogP) is 2.87. The fourth-order valence-corrected chi connectivity index (χ4v) is 2.76. The number of nitrogens with one attached hydrogen (secondary N) is 2. The second-order valence-electron chi connectivity index (χ2n) is 5.90. The molecule has 1 fully saturated rings. The Kier molecular flexibility index (Phi) is 6.38. The third-order valence-electron chi connectivity index (χ3n) is 4.04. The van der Waals surface area contributed by atoms with Gasteiger partial charge in [-0.15, -0.1) is 0 Å². The van der Waals surface area contributed by atoms with Crippen molar-refractivity contribution in [2.45, 2.75) is 0 Å². The molecule has 1 aromatic carbocycles. The van der Waals surface area contributed by atoms with Gasteiger partial charge in [-0.05, 0) is 30.3 Å². The first-order chi connectivity index (χ1) is 12.6. The Morgan fingerprint density at radius 2 is 2.08 bits per heavy atom. The van der Waals surface area contributed by atoms with E-state index in [0.29, 0.717) is 17.1 Å². The zero-order valence-electron chi connectivity index (χ0n) is 14.2. The van der Waals surface area contributed by atoms with E-state index in [0.717, 1.165) is 39.4 Å². The number of morpholine rings is 1. The maximum atomic E-state index is 13.2. The molecule has 26 heavy (non-hydrogen) atoms. The van der Waals surface area contributed by atoms with Crippen molar-refractivity contribution in [3.05, 3.63) is 52.9 Å². The summed E-state index contributed by atoms with van der Waals surface area (Å²) in [4.78, 5) is 18.8. The van der Waals surface area contributed by atoms with E-state index in [1.807, 2.05) is 0 Å². The van der Waals surface area contributed by atoms with Crippen LogP contribution in [0.4, 0.5) is 15.9 Å². The van der Waals surface area contributed by atoms with E-state index < -0.39 is 5.82 Å². The summed E-state index contributed by atoms with van der Waals surface area (Å²) < 4.78 is 18.5. The van der Waals surface area contributed by atoms with Crippen molar-refractivity contribution in [2.24, 2.45) is 0 Å². The summed E-state index contributed by atoms with van der Waals surface area (Å²) in [7, 11) is 0. The fraction of sp³-hybridized carbons (Fsp3) is 0.333. The number of amides is 1. The normalized spacial score (nSPS) is 14.8. The molecular formula is C18H20ClFN4O2. The summed E-state index contributed by atoms with van der Waals surface area (Å²) in [5.74, 6) is -0.154. The minimum Gasteiger partial charge on any atom is -0.379 e. The molecule has 8 heteroatoms. The van der Waals surface area contributed by atoms with E-state index in [4.69, 9.17) is 16.3 Å². The van der Waals surface area contributed by atoms with Crippen LogP contribution in [0.3, 0.4) is 0 Å². The number of rotatable bonds is 6. The average Bonchev–Trinajstić information content (AvgIpc) is 2.66. The van der Waals surface area contributed by atoms with Crippen LogP contribution in [0.15, 0.2) is 36.5 Å². The smallest absolute Gasteiger partial charge is 0.257 e. The minimum absolute atomic E-state index is 0.0410.